The molecule has 25 heavy (non-hydrogen) atoms. The third kappa shape index (κ3) is 5.76. The minimum Gasteiger partial charge on any atom is -0.356 e. The first-order chi connectivity index (χ1) is 12.3. The van der Waals surface area contributed by atoms with Crippen LogP contribution >= 0.6 is 22.7 Å². The van der Waals surface area contributed by atoms with E-state index in [1.165, 1.54) is 4.88 Å². The molecule has 3 aromatic rings. The zero-order valence-electron chi connectivity index (χ0n) is 14.0. The number of carbonyl (C=O) groups excluding carboxylic acids is 1. The minimum absolute atomic E-state index is 0.131. The molecule has 0 fully saturated rings. The van der Waals surface area contributed by atoms with E-state index in [0.29, 0.717) is 13.0 Å². The molecule has 0 saturated heterocycles. The van der Waals surface area contributed by atoms with E-state index < -0.39 is 0 Å². The Morgan fingerprint density at radius 3 is 2.84 bits per heavy atom. The van der Waals surface area contributed by atoms with E-state index in [9.17, 15) is 4.79 Å². The van der Waals surface area contributed by atoms with Gasteiger partial charge in [-0.2, -0.15) is 0 Å². The van der Waals surface area contributed by atoms with Crippen molar-refractivity contribution in [3.05, 3.63) is 57.9 Å². The standard InChI is InChI=1S/C19H21N3OS2/c23-18(9-2-1-6-16-7-5-13-24-16)21-12-10-15-14-25-19(22-15)17-8-3-4-11-20-17/h3-5,7-8,11,13-14H,1-2,6,9-10,12H2,(H,21,23). The van der Waals surface area contributed by atoms with E-state index in [2.05, 4.69) is 32.8 Å². The molecule has 3 rings (SSSR count). The zero-order valence-corrected chi connectivity index (χ0v) is 15.6. The average molecular weight is 372 g/mol. The van der Waals surface area contributed by atoms with Crippen LogP contribution in [-0.4, -0.2) is 22.4 Å². The minimum atomic E-state index is 0.131. The normalized spacial score (nSPS) is 10.7. The number of carbonyl (C=O) groups is 1. The molecule has 3 heterocycles. The number of unbranched alkanes of at least 4 members (excludes halogenated alkanes) is 1. The molecule has 0 aliphatic rings. The smallest absolute Gasteiger partial charge is 0.220 e. The predicted molar refractivity (Wildman–Crippen MR) is 104 cm³/mol. The molecular weight excluding hydrogens is 350 g/mol. The lowest BCUT2D eigenvalue weighted by Crippen LogP contribution is -2.25. The van der Waals surface area contributed by atoms with Gasteiger partial charge in [-0.1, -0.05) is 12.1 Å². The molecule has 1 amide bonds. The second kappa shape index (κ2) is 9.44. The van der Waals surface area contributed by atoms with Crippen molar-refractivity contribution in [3.8, 4) is 10.7 Å². The summed E-state index contributed by atoms with van der Waals surface area (Å²) in [5, 5.41) is 8.05. The molecule has 130 valence electrons. The zero-order chi connectivity index (χ0) is 17.3. The highest BCUT2D eigenvalue weighted by Gasteiger charge is 2.06. The fourth-order valence-corrected chi connectivity index (χ4v) is 4.07. The summed E-state index contributed by atoms with van der Waals surface area (Å²) in [6.07, 6.45) is 6.19. The van der Waals surface area contributed by atoms with E-state index in [-0.39, 0.29) is 5.91 Å². The Morgan fingerprint density at radius 2 is 2.04 bits per heavy atom. The third-order valence-electron chi connectivity index (χ3n) is 3.80. The summed E-state index contributed by atoms with van der Waals surface area (Å²) < 4.78 is 0. The number of pyridine rings is 1. The first-order valence-corrected chi connectivity index (χ1v) is 10.2. The van der Waals surface area contributed by atoms with Gasteiger partial charge in [-0.05, 0) is 42.8 Å². The molecule has 6 heteroatoms. The number of aryl methyl sites for hydroxylation is 1. The Balaban J connectivity index is 1.32. The van der Waals surface area contributed by atoms with Crippen molar-refractivity contribution in [2.45, 2.75) is 32.1 Å². The summed E-state index contributed by atoms with van der Waals surface area (Å²) in [4.78, 5) is 22.2. The molecule has 4 nitrogen and oxygen atoms in total. The molecule has 0 unspecified atom stereocenters. The molecule has 0 atom stereocenters. The van der Waals surface area contributed by atoms with Gasteiger partial charge in [-0.25, -0.2) is 4.98 Å². The second-order valence-electron chi connectivity index (χ2n) is 5.75. The maximum Gasteiger partial charge on any atom is 0.220 e. The highest BCUT2D eigenvalue weighted by atomic mass is 32.1. The van der Waals surface area contributed by atoms with Crippen LogP contribution in [0.1, 0.15) is 29.8 Å². The van der Waals surface area contributed by atoms with Gasteiger partial charge < -0.3 is 5.32 Å². The van der Waals surface area contributed by atoms with Gasteiger partial charge in [0.2, 0.25) is 5.91 Å². The van der Waals surface area contributed by atoms with Gasteiger partial charge in [-0.3, -0.25) is 9.78 Å². The molecule has 0 radical (unpaired) electrons. The van der Waals surface area contributed by atoms with Crippen LogP contribution in [0.4, 0.5) is 0 Å². The molecular formula is C19H21N3OS2. The Labute approximate surface area is 156 Å². The van der Waals surface area contributed by atoms with Crippen molar-refractivity contribution in [1.29, 1.82) is 0 Å². The van der Waals surface area contributed by atoms with Gasteiger partial charge in [0.1, 0.15) is 5.01 Å². The summed E-state index contributed by atoms with van der Waals surface area (Å²) in [6.45, 7) is 0.634. The Morgan fingerprint density at radius 1 is 1.08 bits per heavy atom. The molecule has 3 aromatic heterocycles. The van der Waals surface area contributed by atoms with Crippen LogP contribution in [0.5, 0.6) is 0 Å². The van der Waals surface area contributed by atoms with Crippen molar-refractivity contribution in [2.24, 2.45) is 0 Å². The average Bonchev–Trinajstić information content (AvgIpc) is 3.31. The number of rotatable bonds is 9. The summed E-state index contributed by atoms with van der Waals surface area (Å²) in [7, 11) is 0. The van der Waals surface area contributed by atoms with Gasteiger partial charge >= 0.3 is 0 Å². The van der Waals surface area contributed by atoms with Crippen LogP contribution in [0, 0.1) is 0 Å². The third-order valence-corrected chi connectivity index (χ3v) is 5.65. The van der Waals surface area contributed by atoms with E-state index in [1.807, 2.05) is 23.6 Å². The highest BCUT2D eigenvalue weighted by Crippen LogP contribution is 2.21. The number of aromatic nitrogens is 2. The molecule has 0 bridgehead atoms. The fraction of sp³-hybridized carbons (Fsp3) is 0.316. The SMILES string of the molecule is O=C(CCCCc1cccs1)NCCc1csc(-c2ccccn2)n1. The van der Waals surface area contributed by atoms with E-state index in [4.69, 9.17) is 0 Å². The molecule has 0 saturated carbocycles. The summed E-state index contributed by atoms with van der Waals surface area (Å²) in [5.41, 5.74) is 1.90. The summed E-state index contributed by atoms with van der Waals surface area (Å²) in [5.74, 6) is 0.131. The molecule has 0 spiro atoms. The van der Waals surface area contributed by atoms with E-state index >= 15 is 0 Å². The largest absolute Gasteiger partial charge is 0.356 e. The lowest BCUT2D eigenvalue weighted by Gasteiger charge is -2.04. The molecule has 1 N–H and O–H groups in total. The molecule has 0 aromatic carbocycles. The quantitative estimate of drug-likeness (QED) is 0.569. The first-order valence-electron chi connectivity index (χ1n) is 8.46. The topological polar surface area (TPSA) is 54.9 Å². The lowest BCUT2D eigenvalue weighted by molar-refractivity contribution is -0.121. The molecule has 0 aliphatic carbocycles. The predicted octanol–water partition coefficient (Wildman–Crippen LogP) is 4.34. The lowest BCUT2D eigenvalue weighted by atomic mass is 10.1. The summed E-state index contributed by atoms with van der Waals surface area (Å²) in [6, 6.07) is 10.0. The first kappa shape index (κ1) is 17.8. The molecule has 0 aliphatic heterocycles. The number of hydrogen-bond donors (Lipinski definition) is 1. The van der Waals surface area contributed by atoms with Crippen LogP contribution in [-0.2, 0) is 17.6 Å². The number of thiophene rings is 1. The van der Waals surface area contributed by atoms with E-state index in [1.54, 1.807) is 28.9 Å². The number of thiazole rings is 1. The van der Waals surface area contributed by atoms with Crippen molar-refractivity contribution < 1.29 is 4.79 Å². The van der Waals surface area contributed by atoms with Gasteiger partial charge in [0.15, 0.2) is 0 Å². The fourth-order valence-electron chi connectivity index (χ4n) is 2.49. The monoisotopic (exact) mass is 371 g/mol. The second-order valence-corrected chi connectivity index (χ2v) is 7.64. The van der Waals surface area contributed by atoms with Crippen molar-refractivity contribution in [2.75, 3.05) is 6.54 Å². The summed E-state index contributed by atoms with van der Waals surface area (Å²) >= 11 is 3.37. The van der Waals surface area contributed by atoms with Gasteiger partial charge in [0, 0.05) is 35.8 Å². The van der Waals surface area contributed by atoms with Crippen LogP contribution in [0.15, 0.2) is 47.3 Å². The van der Waals surface area contributed by atoms with Crippen LogP contribution in [0.3, 0.4) is 0 Å². The Kier molecular flexibility index (Phi) is 6.71. The number of hydrogen-bond acceptors (Lipinski definition) is 5. The van der Waals surface area contributed by atoms with Crippen LogP contribution < -0.4 is 5.32 Å². The maximum atomic E-state index is 11.9. The maximum absolute atomic E-state index is 11.9. The van der Waals surface area contributed by atoms with Gasteiger partial charge in [-0.15, -0.1) is 22.7 Å². The van der Waals surface area contributed by atoms with Crippen molar-refractivity contribution in [1.82, 2.24) is 15.3 Å². The van der Waals surface area contributed by atoms with Crippen molar-refractivity contribution in [3.63, 3.8) is 0 Å². The number of nitrogens with zero attached hydrogens (tertiary/aromatic N) is 2. The van der Waals surface area contributed by atoms with Gasteiger partial charge in [0.05, 0.1) is 11.4 Å². The van der Waals surface area contributed by atoms with Crippen LogP contribution in [0.2, 0.25) is 0 Å². The van der Waals surface area contributed by atoms with Crippen LogP contribution in [0.25, 0.3) is 10.7 Å². The number of nitrogens with one attached hydrogen (secondary N) is 1. The Hall–Kier alpha value is -2.05. The van der Waals surface area contributed by atoms with Crippen molar-refractivity contribution >= 4 is 28.6 Å². The Bertz CT molecular complexity index is 769. The number of amides is 1. The van der Waals surface area contributed by atoms with E-state index in [0.717, 1.165) is 42.1 Å². The van der Waals surface area contributed by atoms with Gasteiger partial charge in [0.25, 0.3) is 0 Å². The highest BCUT2D eigenvalue weighted by molar-refractivity contribution is 7.13.